The summed E-state index contributed by atoms with van der Waals surface area (Å²) < 4.78 is 17.9. The number of hydrogen-bond acceptors (Lipinski definition) is 4. The zero-order chi connectivity index (χ0) is 17.5. The van der Waals surface area contributed by atoms with Gasteiger partial charge in [0.15, 0.2) is 6.61 Å². The molecule has 1 atom stereocenters. The van der Waals surface area contributed by atoms with Gasteiger partial charge in [-0.2, -0.15) is 0 Å². The van der Waals surface area contributed by atoms with Gasteiger partial charge in [0.1, 0.15) is 11.6 Å². The van der Waals surface area contributed by atoms with Crippen LogP contribution in [0.25, 0.3) is 0 Å². The Morgan fingerprint density at radius 2 is 1.96 bits per heavy atom. The minimum atomic E-state index is -0.535. The summed E-state index contributed by atoms with van der Waals surface area (Å²) in [6, 6.07) is 5.25. The Kier molecular flexibility index (Phi) is 6.11. The maximum atomic E-state index is 12.7. The van der Waals surface area contributed by atoms with E-state index in [4.69, 9.17) is 4.74 Å². The van der Waals surface area contributed by atoms with Crippen LogP contribution in [-0.2, 0) is 14.4 Å². The number of halogens is 1. The minimum Gasteiger partial charge on any atom is -0.484 e. The van der Waals surface area contributed by atoms with Crippen LogP contribution in [-0.4, -0.2) is 42.3 Å². The topological polar surface area (TPSA) is 87.7 Å². The number of carbonyl (C=O) groups excluding carboxylic acids is 3. The summed E-state index contributed by atoms with van der Waals surface area (Å²) in [5, 5.41) is 0. The second-order valence-electron chi connectivity index (χ2n) is 5.58. The summed E-state index contributed by atoms with van der Waals surface area (Å²) in [7, 11) is 0. The highest BCUT2D eigenvalue weighted by Crippen LogP contribution is 2.16. The number of hydrogen-bond donors (Lipinski definition) is 2. The van der Waals surface area contributed by atoms with Gasteiger partial charge in [0, 0.05) is 20.0 Å². The highest BCUT2D eigenvalue weighted by molar-refractivity contribution is 5.84. The summed E-state index contributed by atoms with van der Waals surface area (Å²) in [4.78, 5) is 36.7. The van der Waals surface area contributed by atoms with Crippen molar-refractivity contribution < 1.29 is 23.5 Å². The largest absolute Gasteiger partial charge is 0.484 e. The molecule has 0 spiro atoms. The van der Waals surface area contributed by atoms with Gasteiger partial charge in [0.25, 0.3) is 5.91 Å². The molecule has 0 unspecified atom stereocenters. The molecule has 8 heteroatoms. The lowest BCUT2D eigenvalue weighted by atomic mass is 9.97. The molecule has 1 aliphatic heterocycles. The van der Waals surface area contributed by atoms with Crippen LogP contribution in [0.2, 0.25) is 0 Å². The molecule has 1 heterocycles. The Balaban J connectivity index is 1.71. The van der Waals surface area contributed by atoms with Crippen LogP contribution >= 0.6 is 0 Å². The first-order valence-electron chi connectivity index (χ1n) is 7.68. The van der Waals surface area contributed by atoms with Crippen LogP contribution in [0.5, 0.6) is 5.75 Å². The number of benzene rings is 1. The third-order valence-corrected chi connectivity index (χ3v) is 3.75. The van der Waals surface area contributed by atoms with Crippen LogP contribution in [0.15, 0.2) is 24.3 Å². The first-order valence-corrected chi connectivity index (χ1v) is 7.68. The normalized spacial score (nSPS) is 17.1. The Labute approximate surface area is 139 Å². The van der Waals surface area contributed by atoms with E-state index in [1.54, 1.807) is 4.90 Å². The number of piperidine rings is 1. The van der Waals surface area contributed by atoms with E-state index in [2.05, 4.69) is 10.9 Å². The van der Waals surface area contributed by atoms with Crippen molar-refractivity contribution in [3.63, 3.8) is 0 Å². The molecule has 24 heavy (non-hydrogen) atoms. The summed E-state index contributed by atoms with van der Waals surface area (Å²) in [6.07, 6.45) is 1.41. The maximum absolute atomic E-state index is 12.7. The van der Waals surface area contributed by atoms with Gasteiger partial charge in [-0.1, -0.05) is 0 Å². The molecule has 0 aromatic heterocycles. The SMILES string of the molecule is CC(=O)N1CCC[C@H](C(=O)NNC(=O)COc2ccc(F)cc2)C1. The lowest BCUT2D eigenvalue weighted by Gasteiger charge is -2.31. The van der Waals surface area contributed by atoms with Gasteiger partial charge in [-0.25, -0.2) is 4.39 Å². The second kappa shape index (κ2) is 8.28. The Morgan fingerprint density at radius 3 is 2.62 bits per heavy atom. The van der Waals surface area contributed by atoms with E-state index >= 15 is 0 Å². The van der Waals surface area contributed by atoms with Gasteiger partial charge >= 0.3 is 0 Å². The number of rotatable bonds is 4. The predicted molar refractivity (Wildman–Crippen MR) is 83.2 cm³/mol. The van der Waals surface area contributed by atoms with Gasteiger partial charge in [-0.05, 0) is 37.1 Å². The molecule has 1 aromatic carbocycles. The zero-order valence-electron chi connectivity index (χ0n) is 13.4. The third-order valence-electron chi connectivity index (χ3n) is 3.75. The number of amides is 3. The second-order valence-corrected chi connectivity index (χ2v) is 5.58. The van der Waals surface area contributed by atoms with Crippen molar-refractivity contribution in [1.82, 2.24) is 15.8 Å². The summed E-state index contributed by atoms with van der Waals surface area (Å²) in [6.45, 7) is 2.16. The Hall–Kier alpha value is -2.64. The molecule has 0 aliphatic carbocycles. The summed E-state index contributed by atoms with van der Waals surface area (Å²) in [5.74, 6) is -1.33. The van der Waals surface area contributed by atoms with E-state index in [1.165, 1.54) is 31.2 Å². The average molecular weight is 337 g/mol. The van der Waals surface area contributed by atoms with Gasteiger partial charge in [0.05, 0.1) is 5.92 Å². The van der Waals surface area contributed by atoms with Crippen molar-refractivity contribution in [1.29, 1.82) is 0 Å². The van der Waals surface area contributed by atoms with Crippen LogP contribution in [0.4, 0.5) is 4.39 Å². The molecule has 0 saturated carbocycles. The number of hydrazine groups is 1. The fourth-order valence-electron chi connectivity index (χ4n) is 2.43. The first kappa shape index (κ1) is 17.7. The van der Waals surface area contributed by atoms with Crippen molar-refractivity contribution in [3.05, 3.63) is 30.1 Å². The van der Waals surface area contributed by atoms with Crippen molar-refractivity contribution in [2.45, 2.75) is 19.8 Å². The summed E-state index contributed by atoms with van der Waals surface area (Å²) >= 11 is 0. The van der Waals surface area contributed by atoms with Gasteiger partial charge in [-0.15, -0.1) is 0 Å². The average Bonchev–Trinajstić information content (AvgIpc) is 2.59. The quantitative estimate of drug-likeness (QED) is 0.788. The molecule has 2 N–H and O–H groups in total. The summed E-state index contributed by atoms with van der Waals surface area (Å²) in [5.41, 5.74) is 4.60. The van der Waals surface area contributed by atoms with E-state index < -0.39 is 11.7 Å². The molecule has 1 fully saturated rings. The lowest BCUT2D eigenvalue weighted by molar-refractivity contribution is -0.136. The Morgan fingerprint density at radius 1 is 1.25 bits per heavy atom. The number of likely N-dealkylation sites (tertiary alicyclic amines) is 1. The first-order chi connectivity index (χ1) is 11.5. The van der Waals surface area contributed by atoms with Crippen LogP contribution in [0, 0.1) is 11.7 Å². The zero-order valence-corrected chi connectivity index (χ0v) is 13.4. The van der Waals surface area contributed by atoms with E-state index in [0.717, 1.165) is 6.42 Å². The molecule has 7 nitrogen and oxygen atoms in total. The number of nitrogens with zero attached hydrogens (tertiary/aromatic N) is 1. The molecule has 2 rings (SSSR count). The predicted octanol–water partition coefficient (Wildman–Crippen LogP) is 0.610. The van der Waals surface area contributed by atoms with E-state index in [-0.39, 0.29) is 24.3 Å². The monoisotopic (exact) mass is 337 g/mol. The maximum Gasteiger partial charge on any atom is 0.276 e. The van der Waals surface area contributed by atoms with Crippen molar-refractivity contribution in [3.8, 4) is 5.75 Å². The lowest BCUT2D eigenvalue weighted by Crippen LogP contribution is -2.50. The molecule has 0 radical (unpaired) electrons. The fraction of sp³-hybridized carbons (Fsp3) is 0.438. The van der Waals surface area contributed by atoms with Gasteiger partial charge < -0.3 is 9.64 Å². The molecule has 1 aromatic rings. The van der Waals surface area contributed by atoms with Crippen molar-refractivity contribution >= 4 is 17.7 Å². The van der Waals surface area contributed by atoms with E-state index in [9.17, 15) is 18.8 Å². The number of carbonyl (C=O) groups is 3. The standard InChI is InChI=1S/C16H20FN3O4/c1-11(21)20-8-2-3-12(9-20)16(23)19-18-15(22)10-24-14-6-4-13(17)5-7-14/h4-7,12H,2-3,8-10H2,1H3,(H,18,22)(H,19,23)/t12-/m0/s1. The van der Waals surface area contributed by atoms with Crippen LogP contribution < -0.4 is 15.6 Å². The van der Waals surface area contributed by atoms with Crippen LogP contribution in [0.3, 0.4) is 0 Å². The highest BCUT2D eigenvalue weighted by Gasteiger charge is 2.27. The minimum absolute atomic E-state index is 0.0655. The van der Waals surface area contributed by atoms with Crippen molar-refractivity contribution in [2.24, 2.45) is 5.92 Å². The Bertz CT molecular complexity index is 606. The molecular weight excluding hydrogens is 317 g/mol. The molecule has 3 amide bonds. The molecule has 1 aliphatic rings. The smallest absolute Gasteiger partial charge is 0.276 e. The highest BCUT2D eigenvalue weighted by atomic mass is 19.1. The van der Waals surface area contributed by atoms with Gasteiger partial charge in [-0.3, -0.25) is 25.2 Å². The van der Waals surface area contributed by atoms with E-state index in [0.29, 0.717) is 25.3 Å². The molecule has 130 valence electrons. The third kappa shape index (κ3) is 5.22. The van der Waals surface area contributed by atoms with Gasteiger partial charge in [0.2, 0.25) is 11.8 Å². The molecule has 0 bridgehead atoms. The van der Waals surface area contributed by atoms with E-state index in [1.807, 2.05) is 0 Å². The fourth-order valence-corrected chi connectivity index (χ4v) is 2.43. The van der Waals surface area contributed by atoms with Crippen molar-refractivity contribution in [2.75, 3.05) is 19.7 Å². The molecule has 1 saturated heterocycles. The number of nitrogens with one attached hydrogen (secondary N) is 2. The number of ether oxygens (including phenoxy) is 1. The molecular formula is C16H20FN3O4. The van der Waals surface area contributed by atoms with Crippen LogP contribution in [0.1, 0.15) is 19.8 Å².